The lowest BCUT2D eigenvalue weighted by Gasteiger charge is -2.13. The van der Waals surface area contributed by atoms with Crippen LogP contribution in [0.5, 0.6) is 0 Å². The standard InChI is InChI=1S/C13H8N4O2S/c1-16-8-4-5-9(17(18)19)12-10(8)11(15-16)7-3-2-6-14-13(7)20-12/h2-6H,1H3. The highest BCUT2D eigenvalue weighted by Crippen LogP contribution is 2.49. The summed E-state index contributed by atoms with van der Waals surface area (Å²) < 4.78 is 1.75. The van der Waals surface area contributed by atoms with Crippen LogP contribution >= 0.6 is 11.8 Å². The number of rotatable bonds is 1. The zero-order valence-electron chi connectivity index (χ0n) is 10.4. The van der Waals surface area contributed by atoms with Crippen molar-refractivity contribution in [3.63, 3.8) is 0 Å². The molecule has 2 aromatic heterocycles. The van der Waals surface area contributed by atoms with Gasteiger partial charge in [0.1, 0.15) is 15.6 Å². The molecule has 1 aliphatic rings. The topological polar surface area (TPSA) is 73.8 Å². The third-order valence-corrected chi connectivity index (χ3v) is 4.51. The third-order valence-electron chi connectivity index (χ3n) is 3.37. The van der Waals surface area contributed by atoms with Crippen LogP contribution in [0.2, 0.25) is 0 Å². The summed E-state index contributed by atoms with van der Waals surface area (Å²) in [4.78, 5) is 15.8. The fourth-order valence-electron chi connectivity index (χ4n) is 2.50. The maximum absolute atomic E-state index is 11.2. The lowest BCUT2D eigenvalue weighted by molar-refractivity contribution is -0.387. The summed E-state index contributed by atoms with van der Waals surface area (Å²) in [6.07, 6.45) is 1.69. The van der Waals surface area contributed by atoms with Crippen molar-refractivity contribution in [1.29, 1.82) is 0 Å². The van der Waals surface area contributed by atoms with Gasteiger partial charge in [0.2, 0.25) is 0 Å². The van der Waals surface area contributed by atoms with E-state index in [2.05, 4.69) is 10.1 Å². The Bertz CT molecular complexity index is 887. The molecule has 0 fully saturated rings. The molecule has 1 aromatic carbocycles. The van der Waals surface area contributed by atoms with Gasteiger partial charge in [-0.2, -0.15) is 5.10 Å². The molecular weight excluding hydrogens is 276 g/mol. The first-order valence-electron chi connectivity index (χ1n) is 5.94. The van der Waals surface area contributed by atoms with Gasteiger partial charge in [-0.05, 0) is 18.2 Å². The lowest BCUT2D eigenvalue weighted by atomic mass is 10.1. The molecule has 3 heterocycles. The van der Waals surface area contributed by atoms with Crippen LogP contribution in [0.25, 0.3) is 22.2 Å². The quantitative estimate of drug-likeness (QED) is 0.397. The van der Waals surface area contributed by atoms with E-state index >= 15 is 0 Å². The minimum atomic E-state index is -0.355. The molecule has 0 unspecified atom stereocenters. The van der Waals surface area contributed by atoms with Gasteiger partial charge in [0.05, 0.1) is 10.4 Å². The van der Waals surface area contributed by atoms with E-state index in [-0.39, 0.29) is 10.6 Å². The molecule has 6 nitrogen and oxygen atoms in total. The van der Waals surface area contributed by atoms with Gasteiger partial charge in [0.15, 0.2) is 0 Å². The molecule has 0 spiro atoms. The SMILES string of the molecule is Cn1nc2c3c(c([N+](=O)[O-])ccc31)Sc1ncccc1-2. The van der Waals surface area contributed by atoms with Crippen molar-refractivity contribution in [2.75, 3.05) is 0 Å². The predicted molar refractivity (Wildman–Crippen MR) is 74.7 cm³/mol. The molecule has 0 radical (unpaired) electrons. The van der Waals surface area contributed by atoms with Crippen molar-refractivity contribution in [1.82, 2.24) is 14.8 Å². The summed E-state index contributed by atoms with van der Waals surface area (Å²) in [5.74, 6) is 0. The van der Waals surface area contributed by atoms with E-state index in [1.54, 1.807) is 16.9 Å². The molecule has 7 heteroatoms. The number of nitro benzene ring substituents is 1. The Kier molecular flexibility index (Phi) is 2.17. The smallest absolute Gasteiger partial charge is 0.267 e. The van der Waals surface area contributed by atoms with Gasteiger partial charge >= 0.3 is 0 Å². The summed E-state index contributed by atoms with van der Waals surface area (Å²) in [6.45, 7) is 0. The molecule has 4 rings (SSSR count). The average molecular weight is 284 g/mol. The second-order valence-corrected chi connectivity index (χ2v) is 5.49. The molecule has 1 aliphatic heterocycles. The predicted octanol–water partition coefficient (Wildman–Crippen LogP) is 3.01. The van der Waals surface area contributed by atoms with Crippen LogP contribution in [0.15, 0.2) is 40.4 Å². The normalized spacial score (nSPS) is 12.4. The number of fused-ring (bicyclic) bond motifs is 2. The lowest BCUT2D eigenvalue weighted by Crippen LogP contribution is -1.97. The zero-order valence-corrected chi connectivity index (χ0v) is 11.2. The molecular formula is C13H8N4O2S. The Hall–Kier alpha value is -2.41. The Morgan fingerprint density at radius 1 is 1.35 bits per heavy atom. The van der Waals surface area contributed by atoms with Gasteiger partial charge in [0, 0.05) is 30.3 Å². The average Bonchev–Trinajstić information content (AvgIpc) is 2.78. The monoisotopic (exact) mass is 284 g/mol. The first-order chi connectivity index (χ1) is 9.66. The highest BCUT2D eigenvalue weighted by atomic mass is 32.2. The third kappa shape index (κ3) is 1.35. The van der Waals surface area contributed by atoms with Crippen molar-refractivity contribution >= 4 is 28.4 Å². The minimum absolute atomic E-state index is 0.105. The number of aromatic nitrogens is 3. The van der Waals surface area contributed by atoms with Crippen LogP contribution in [-0.2, 0) is 7.05 Å². The Morgan fingerprint density at radius 2 is 2.20 bits per heavy atom. The van der Waals surface area contributed by atoms with Gasteiger partial charge < -0.3 is 0 Å². The first-order valence-corrected chi connectivity index (χ1v) is 6.76. The Labute approximate surface area is 117 Å². The van der Waals surface area contributed by atoms with E-state index in [1.165, 1.54) is 17.8 Å². The highest BCUT2D eigenvalue weighted by Gasteiger charge is 2.29. The summed E-state index contributed by atoms with van der Waals surface area (Å²) in [5.41, 5.74) is 2.69. The molecule has 0 saturated carbocycles. The number of nitrogens with zero attached hydrogens (tertiary/aromatic N) is 4. The van der Waals surface area contributed by atoms with Gasteiger partial charge in [-0.1, -0.05) is 11.8 Å². The van der Waals surface area contributed by atoms with Gasteiger partial charge in [-0.3, -0.25) is 14.8 Å². The molecule has 3 aromatic rings. The Morgan fingerprint density at radius 3 is 3.00 bits per heavy atom. The molecule has 0 bridgehead atoms. The molecule has 20 heavy (non-hydrogen) atoms. The molecule has 0 N–H and O–H groups in total. The van der Waals surface area contributed by atoms with E-state index in [4.69, 9.17) is 0 Å². The van der Waals surface area contributed by atoms with Crippen LogP contribution in [0.4, 0.5) is 5.69 Å². The molecule has 0 aliphatic carbocycles. The second kappa shape index (κ2) is 3.80. The minimum Gasteiger partial charge on any atom is -0.267 e. The number of pyridine rings is 1. The fourth-order valence-corrected chi connectivity index (χ4v) is 3.63. The van der Waals surface area contributed by atoms with Crippen molar-refractivity contribution in [3.05, 3.63) is 40.6 Å². The van der Waals surface area contributed by atoms with Crippen molar-refractivity contribution in [3.8, 4) is 11.3 Å². The first kappa shape index (κ1) is 11.4. The number of nitro groups is 1. The summed E-state index contributed by atoms with van der Waals surface area (Å²) in [6, 6.07) is 7.07. The van der Waals surface area contributed by atoms with Crippen molar-refractivity contribution < 1.29 is 4.92 Å². The van der Waals surface area contributed by atoms with Gasteiger partial charge in [-0.25, -0.2) is 4.98 Å². The number of benzene rings is 1. The van der Waals surface area contributed by atoms with Crippen LogP contribution in [0.1, 0.15) is 0 Å². The van der Waals surface area contributed by atoms with Crippen molar-refractivity contribution in [2.45, 2.75) is 9.92 Å². The second-order valence-electron chi connectivity index (χ2n) is 4.50. The summed E-state index contributed by atoms with van der Waals surface area (Å²) in [5, 5.41) is 17.3. The number of hydrogen-bond donors (Lipinski definition) is 0. The molecule has 0 amide bonds. The van der Waals surface area contributed by atoms with Crippen LogP contribution < -0.4 is 0 Å². The van der Waals surface area contributed by atoms with E-state index < -0.39 is 0 Å². The fraction of sp³-hybridized carbons (Fsp3) is 0.0769. The van der Waals surface area contributed by atoms with E-state index in [0.29, 0.717) is 4.90 Å². The molecule has 0 atom stereocenters. The van der Waals surface area contributed by atoms with E-state index in [0.717, 1.165) is 27.2 Å². The Balaban J connectivity index is 2.19. The maximum Gasteiger partial charge on any atom is 0.284 e. The summed E-state index contributed by atoms with van der Waals surface area (Å²) >= 11 is 1.34. The zero-order chi connectivity index (χ0) is 13.9. The number of aryl methyl sites for hydroxylation is 1. The molecule has 98 valence electrons. The van der Waals surface area contributed by atoms with E-state index in [1.807, 2.05) is 19.2 Å². The maximum atomic E-state index is 11.2. The highest BCUT2D eigenvalue weighted by molar-refractivity contribution is 7.99. The van der Waals surface area contributed by atoms with Crippen LogP contribution in [0, 0.1) is 10.1 Å². The number of hydrogen-bond acceptors (Lipinski definition) is 5. The van der Waals surface area contributed by atoms with Gasteiger partial charge in [-0.15, -0.1) is 0 Å². The van der Waals surface area contributed by atoms with E-state index in [9.17, 15) is 10.1 Å². The summed E-state index contributed by atoms with van der Waals surface area (Å²) in [7, 11) is 1.84. The van der Waals surface area contributed by atoms with Gasteiger partial charge in [0.25, 0.3) is 5.69 Å². The largest absolute Gasteiger partial charge is 0.284 e. The van der Waals surface area contributed by atoms with Crippen LogP contribution in [0.3, 0.4) is 0 Å². The van der Waals surface area contributed by atoms with Crippen LogP contribution in [-0.4, -0.2) is 19.7 Å². The van der Waals surface area contributed by atoms with Crippen molar-refractivity contribution in [2.24, 2.45) is 7.05 Å². The molecule has 0 saturated heterocycles.